The molecule has 5 nitrogen and oxygen atoms in total. The van der Waals surface area contributed by atoms with E-state index in [1.165, 1.54) is 16.0 Å². The van der Waals surface area contributed by atoms with Crippen LogP contribution in [0.3, 0.4) is 0 Å². The number of para-hydroxylation sites is 1. The molecule has 5 heteroatoms. The van der Waals surface area contributed by atoms with Crippen molar-refractivity contribution in [2.45, 2.75) is 20.3 Å². The lowest BCUT2D eigenvalue weighted by molar-refractivity contribution is 0.0990. The van der Waals surface area contributed by atoms with E-state index >= 15 is 0 Å². The molecule has 1 amide bonds. The molecule has 29 heavy (non-hydrogen) atoms. The van der Waals surface area contributed by atoms with E-state index in [1.807, 2.05) is 30.3 Å². The van der Waals surface area contributed by atoms with Crippen molar-refractivity contribution in [2.24, 2.45) is 0 Å². The summed E-state index contributed by atoms with van der Waals surface area (Å²) in [4.78, 5) is 14.6. The summed E-state index contributed by atoms with van der Waals surface area (Å²) in [6.45, 7) is 4.18. The average Bonchev–Trinajstić information content (AvgIpc) is 3.11. The predicted molar refractivity (Wildman–Crippen MR) is 116 cm³/mol. The molecule has 3 aromatic carbocycles. The molecule has 0 spiro atoms. The summed E-state index contributed by atoms with van der Waals surface area (Å²) in [6.07, 6.45) is 0.647. The summed E-state index contributed by atoms with van der Waals surface area (Å²) >= 11 is 0. The van der Waals surface area contributed by atoms with Gasteiger partial charge in [0.15, 0.2) is 0 Å². The highest BCUT2D eigenvalue weighted by Gasteiger charge is 2.20. The zero-order valence-electron chi connectivity index (χ0n) is 16.7. The lowest BCUT2D eigenvalue weighted by Crippen LogP contribution is -2.26. The first-order chi connectivity index (χ1) is 13.9. The molecule has 0 aliphatic heterocycles. The molecule has 0 aliphatic rings. The first-order valence-corrected chi connectivity index (χ1v) is 9.53. The standard InChI is InChI=1S/C24H23N3O2/c1-15-9-10-17(11-16(15)2)12-21-19-13-20(23(28)14-22(19)26-25-21)24(29)27(3)18-7-5-4-6-8-18/h4-11,13-14,28H,12H2,1-3H3,(H,25,26). The first kappa shape index (κ1) is 18.7. The zero-order chi connectivity index (χ0) is 20.5. The minimum Gasteiger partial charge on any atom is -0.507 e. The maximum absolute atomic E-state index is 13.0. The number of benzene rings is 3. The van der Waals surface area contributed by atoms with Gasteiger partial charge in [-0.3, -0.25) is 9.89 Å². The Bertz CT molecular complexity index is 1200. The molecule has 0 aliphatic carbocycles. The predicted octanol–water partition coefficient (Wildman–Crippen LogP) is 4.75. The highest BCUT2D eigenvalue weighted by atomic mass is 16.3. The summed E-state index contributed by atoms with van der Waals surface area (Å²) in [6, 6.07) is 19.0. The number of anilines is 1. The van der Waals surface area contributed by atoms with Crippen LogP contribution < -0.4 is 4.90 Å². The van der Waals surface area contributed by atoms with Gasteiger partial charge in [0.05, 0.1) is 16.8 Å². The van der Waals surface area contributed by atoms with Gasteiger partial charge in [0.1, 0.15) is 5.75 Å². The third-order valence-electron chi connectivity index (χ3n) is 5.38. The van der Waals surface area contributed by atoms with Crippen molar-refractivity contribution in [3.8, 4) is 5.75 Å². The van der Waals surface area contributed by atoms with Gasteiger partial charge < -0.3 is 10.0 Å². The zero-order valence-corrected chi connectivity index (χ0v) is 16.7. The minimum absolute atomic E-state index is 0.0633. The second kappa shape index (κ2) is 7.43. The summed E-state index contributed by atoms with van der Waals surface area (Å²) < 4.78 is 0. The Morgan fingerprint density at radius 2 is 1.79 bits per heavy atom. The molecule has 0 saturated carbocycles. The number of amides is 1. The molecule has 0 fully saturated rings. The van der Waals surface area contributed by atoms with Crippen LogP contribution in [0.5, 0.6) is 5.75 Å². The van der Waals surface area contributed by atoms with Crippen molar-refractivity contribution in [3.63, 3.8) is 0 Å². The molecule has 0 bridgehead atoms. The van der Waals surface area contributed by atoms with Gasteiger partial charge in [-0.25, -0.2) is 0 Å². The third-order valence-corrected chi connectivity index (χ3v) is 5.38. The fraction of sp³-hybridized carbons (Fsp3) is 0.167. The molecule has 0 atom stereocenters. The van der Waals surface area contributed by atoms with Crippen LogP contribution in [0, 0.1) is 13.8 Å². The smallest absolute Gasteiger partial charge is 0.261 e. The molecule has 0 saturated heterocycles. The van der Waals surface area contributed by atoms with Gasteiger partial charge in [0, 0.05) is 30.6 Å². The maximum atomic E-state index is 13.0. The third kappa shape index (κ3) is 3.59. The van der Waals surface area contributed by atoms with Crippen molar-refractivity contribution in [3.05, 3.63) is 88.6 Å². The fourth-order valence-corrected chi connectivity index (χ4v) is 3.47. The van der Waals surface area contributed by atoms with Gasteiger partial charge in [-0.15, -0.1) is 0 Å². The molecule has 146 valence electrons. The summed E-state index contributed by atoms with van der Waals surface area (Å²) in [5.74, 6) is -0.333. The van der Waals surface area contributed by atoms with Crippen LogP contribution in [-0.4, -0.2) is 28.3 Å². The topological polar surface area (TPSA) is 69.2 Å². The number of phenolic OH excluding ortho intramolecular Hbond substituents is 1. The molecular weight excluding hydrogens is 362 g/mol. The van der Waals surface area contributed by atoms with Crippen molar-refractivity contribution < 1.29 is 9.90 Å². The number of aromatic amines is 1. The molecular formula is C24H23N3O2. The van der Waals surface area contributed by atoms with Crippen LogP contribution in [0.2, 0.25) is 0 Å². The van der Waals surface area contributed by atoms with Gasteiger partial charge in [-0.05, 0) is 48.7 Å². The number of nitrogens with one attached hydrogen (secondary N) is 1. The monoisotopic (exact) mass is 385 g/mol. The van der Waals surface area contributed by atoms with Crippen LogP contribution in [0.15, 0.2) is 60.7 Å². The highest BCUT2D eigenvalue weighted by Crippen LogP contribution is 2.29. The number of rotatable bonds is 4. The number of carbonyl (C=O) groups is 1. The van der Waals surface area contributed by atoms with Gasteiger partial charge in [-0.1, -0.05) is 36.4 Å². The Labute approximate surface area is 169 Å². The van der Waals surface area contributed by atoms with Crippen molar-refractivity contribution in [1.82, 2.24) is 10.2 Å². The van der Waals surface area contributed by atoms with E-state index in [0.717, 1.165) is 22.3 Å². The molecule has 4 aromatic rings. The lowest BCUT2D eigenvalue weighted by atomic mass is 10.0. The van der Waals surface area contributed by atoms with E-state index in [2.05, 4.69) is 42.2 Å². The lowest BCUT2D eigenvalue weighted by Gasteiger charge is -2.18. The van der Waals surface area contributed by atoms with Crippen molar-refractivity contribution >= 4 is 22.5 Å². The Hall–Kier alpha value is -3.60. The van der Waals surface area contributed by atoms with Crippen LogP contribution in [0.1, 0.15) is 32.7 Å². The van der Waals surface area contributed by atoms with E-state index in [1.54, 1.807) is 19.2 Å². The highest BCUT2D eigenvalue weighted by molar-refractivity contribution is 6.09. The summed E-state index contributed by atoms with van der Waals surface area (Å²) in [7, 11) is 1.70. The SMILES string of the molecule is Cc1ccc(Cc2n[nH]c3cc(O)c(C(=O)N(C)c4ccccc4)cc23)cc1C. The Morgan fingerprint density at radius 3 is 2.52 bits per heavy atom. The minimum atomic E-state index is -0.270. The molecule has 1 aromatic heterocycles. The molecule has 2 N–H and O–H groups in total. The van der Waals surface area contributed by atoms with Crippen LogP contribution in [-0.2, 0) is 6.42 Å². The number of aromatic hydroxyl groups is 1. The van der Waals surface area contributed by atoms with Gasteiger partial charge in [0.25, 0.3) is 5.91 Å². The maximum Gasteiger partial charge on any atom is 0.261 e. The second-order valence-electron chi connectivity index (χ2n) is 7.38. The fourth-order valence-electron chi connectivity index (χ4n) is 3.47. The Kier molecular flexibility index (Phi) is 4.80. The van der Waals surface area contributed by atoms with Gasteiger partial charge in [-0.2, -0.15) is 5.10 Å². The van der Waals surface area contributed by atoms with Crippen LogP contribution in [0.25, 0.3) is 10.9 Å². The number of aryl methyl sites for hydroxylation is 2. The van der Waals surface area contributed by atoms with Crippen molar-refractivity contribution in [1.29, 1.82) is 0 Å². The number of hydrogen-bond donors (Lipinski definition) is 2. The Morgan fingerprint density at radius 1 is 1.03 bits per heavy atom. The van der Waals surface area contributed by atoms with Gasteiger partial charge in [0.2, 0.25) is 0 Å². The number of hydrogen-bond acceptors (Lipinski definition) is 3. The van der Waals surface area contributed by atoms with Crippen LogP contribution in [0.4, 0.5) is 5.69 Å². The number of nitrogens with zero attached hydrogens (tertiary/aromatic N) is 2. The number of phenols is 1. The number of carbonyl (C=O) groups excluding carboxylic acids is 1. The van der Waals surface area contributed by atoms with Crippen LogP contribution >= 0.6 is 0 Å². The summed E-state index contributed by atoms with van der Waals surface area (Å²) in [5, 5.41) is 18.7. The summed E-state index contributed by atoms with van der Waals surface area (Å²) in [5.41, 5.74) is 6.22. The first-order valence-electron chi connectivity index (χ1n) is 9.53. The van der Waals surface area contributed by atoms with E-state index in [4.69, 9.17) is 0 Å². The molecule has 4 rings (SSSR count). The molecule has 0 unspecified atom stereocenters. The number of aromatic nitrogens is 2. The quantitative estimate of drug-likeness (QED) is 0.532. The van der Waals surface area contributed by atoms with E-state index in [9.17, 15) is 9.90 Å². The second-order valence-corrected chi connectivity index (χ2v) is 7.38. The van der Waals surface area contributed by atoms with Crippen molar-refractivity contribution in [2.75, 3.05) is 11.9 Å². The van der Waals surface area contributed by atoms with Gasteiger partial charge >= 0.3 is 0 Å². The number of fused-ring (bicyclic) bond motifs is 1. The molecule has 1 heterocycles. The molecule has 0 radical (unpaired) electrons. The van der Waals surface area contributed by atoms with E-state index in [-0.39, 0.29) is 17.2 Å². The average molecular weight is 385 g/mol. The Balaban J connectivity index is 1.71. The largest absolute Gasteiger partial charge is 0.507 e. The van der Waals surface area contributed by atoms with E-state index in [0.29, 0.717) is 11.9 Å². The number of H-pyrrole nitrogens is 1. The van der Waals surface area contributed by atoms with E-state index < -0.39 is 0 Å². The normalized spacial score (nSPS) is 11.0.